The van der Waals surface area contributed by atoms with Gasteiger partial charge in [-0.2, -0.15) is 11.8 Å². The van der Waals surface area contributed by atoms with E-state index in [0.29, 0.717) is 17.2 Å². The SMILES string of the molecule is CCNC(=NCC(C)(C)SC)NCCc1ccc(OC)c(OC)c1OC. The third kappa shape index (κ3) is 6.52. The number of thioether (sulfide) groups is 1. The van der Waals surface area contributed by atoms with Crippen molar-refractivity contribution in [3.8, 4) is 17.2 Å². The molecule has 1 aromatic rings. The van der Waals surface area contributed by atoms with E-state index in [1.165, 1.54) is 0 Å². The molecular formula is C19H33N3O3S. The van der Waals surface area contributed by atoms with Gasteiger partial charge >= 0.3 is 0 Å². The molecule has 0 bridgehead atoms. The summed E-state index contributed by atoms with van der Waals surface area (Å²) in [5, 5.41) is 6.67. The molecule has 1 rings (SSSR count). The number of rotatable bonds is 10. The predicted molar refractivity (Wildman–Crippen MR) is 111 cm³/mol. The molecular weight excluding hydrogens is 350 g/mol. The zero-order chi connectivity index (χ0) is 19.6. The van der Waals surface area contributed by atoms with Crippen LogP contribution >= 0.6 is 11.8 Å². The second-order valence-electron chi connectivity index (χ2n) is 6.33. The van der Waals surface area contributed by atoms with E-state index in [1.54, 1.807) is 21.3 Å². The van der Waals surface area contributed by atoms with E-state index in [0.717, 1.165) is 37.6 Å². The normalized spacial score (nSPS) is 11.9. The molecule has 6 nitrogen and oxygen atoms in total. The number of nitrogens with zero attached hydrogens (tertiary/aromatic N) is 1. The average Bonchev–Trinajstić information content (AvgIpc) is 2.65. The van der Waals surface area contributed by atoms with Crippen LogP contribution in [0.25, 0.3) is 0 Å². The Morgan fingerprint density at radius 3 is 2.31 bits per heavy atom. The lowest BCUT2D eigenvalue weighted by Gasteiger charge is -2.20. The number of methoxy groups -OCH3 is 3. The Morgan fingerprint density at radius 1 is 1.08 bits per heavy atom. The summed E-state index contributed by atoms with van der Waals surface area (Å²) in [4.78, 5) is 4.69. The topological polar surface area (TPSA) is 64.1 Å². The minimum Gasteiger partial charge on any atom is -0.493 e. The molecule has 0 fully saturated rings. The molecule has 0 spiro atoms. The summed E-state index contributed by atoms with van der Waals surface area (Å²) in [6.45, 7) is 8.76. The fourth-order valence-electron chi connectivity index (χ4n) is 2.35. The summed E-state index contributed by atoms with van der Waals surface area (Å²) in [6, 6.07) is 3.90. The van der Waals surface area contributed by atoms with Crippen molar-refractivity contribution in [1.29, 1.82) is 0 Å². The fraction of sp³-hybridized carbons (Fsp3) is 0.632. The fourth-order valence-corrected chi connectivity index (χ4v) is 2.55. The minimum atomic E-state index is 0.120. The van der Waals surface area contributed by atoms with Gasteiger partial charge in [-0.15, -0.1) is 0 Å². The zero-order valence-corrected chi connectivity index (χ0v) is 17.9. The number of hydrogen-bond donors (Lipinski definition) is 2. The van der Waals surface area contributed by atoms with Gasteiger partial charge in [0.15, 0.2) is 17.5 Å². The third-order valence-electron chi connectivity index (χ3n) is 3.99. The Labute approximate surface area is 162 Å². The second-order valence-corrected chi connectivity index (χ2v) is 7.84. The number of guanidine groups is 1. The van der Waals surface area contributed by atoms with Gasteiger partial charge in [-0.1, -0.05) is 6.07 Å². The molecule has 0 saturated heterocycles. The Morgan fingerprint density at radius 2 is 1.77 bits per heavy atom. The largest absolute Gasteiger partial charge is 0.493 e. The summed E-state index contributed by atoms with van der Waals surface area (Å²) in [7, 11) is 4.88. The lowest BCUT2D eigenvalue weighted by atomic mass is 10.1. The molecule has 0 saturated carbocycles. The van der Waals surface area contributed by atoms with E-state index in [4.69, 9.17) is 14.2 Å². The summed E-state index contributed by atoms with van der Waals surface area (Å²) >= 11 is 1.82. The highest BCUT2D eigenvalue weighted by Crippen LogP contribution is 2.39. The minimum absolute atomic E-state index is 0.120. The Hall–Kier alpha value is -1.76. The monoisotopic (exact) mass is 383 g/mol. The molecule has 2 N–H and O–H groups in total. The number of aliphatic imine (C=N–C) groups is 1. The van der Waals surface area contributed by atoms with Crippen molar-refractivity contribution < 1.29 is 14.2 Å². The molecule has 0 aromatic heterocycles. The van der Waals surface area contributed by atoms with Crippen LogP contribution in [0.15, 0.2) is 17.1 Å². The van der Waals surface area contributed by atoms with Crippen LogP contribution in [0.4, 0.5) is 0 Å². The standard InChI is InChI=1S/C19H33N3O3S/c1-8-20-18(22-13-19(2,3)26-7)21-12-11-14-9-10-15(23-4)17(25-6)16(14)24-5/h9-10H,8,11-13H2,1-7H3,(H2,20,21,22). The van der Waals surface area contributed by atoms with Gasteiger partial charge in [0.05, 0.1) is 27.9 Å². The molecule has 0 aliphatic carbocycles. The van der Waals surface area contributed by atoms with Gasteiger partial charge in [-0.3, -0.25) is 4.99 Å². The van der Waals surface area contributed by atoms with E-state index in [2.05, 4.69) is 42.7 Å². The van der Waals surface area contributed by atoms with Gasteiger partial charge in [-0.25, -0.2) is 0 Å². The van der Waals surface area contributed by atoms with Crippen molar-refractivity contribution in [3.63, 3.8) is 0 Å². The maximum atomic E-state index is 5.54. The lowest BCUT2D eigenvalue weighted by Crippen LogP contribution is -2.39. The van der Waals surface area contributed by atoms with Gasteiger partial charge in [0.1, 0.15) is 0 Å². The average molecular weight is 384 g/mol. The van der Waals surface area contributed by atoms with E-state index in [1.807, 2.05) is 23.9 Å². The highest BCUT2D eigenvalue weighted by molar-refractivity contribution is 7.99. The van der Waals surface area contributed by atoms with Crippen molar-refractivity contribution in [3.05, 3.63) is 17.7 Å². The van der Waals surface area contributed by atoms with Crippen molar-refractivity contribution in [1.82, 2.24) is 10.6 Å². The molecule has 0 amide bonds. The van der Waals surface area contributed by atoms with Crippen LogP contribution < -0.4 is 24.8 Å². The highest BCUT2D eigenvalue weighted by Gasteiger charge is 2.17. The van der Waals surface area contributed by atoms with Crippen LogP contribution in [0.2, 0.25) is 0 Å². The molecule has 0 radical (unpaired) electrons. The summed E-state index contributed by atoms with van der Waals surface area (Å²) < 4.78 is 16.4. The van der Waals surface area contributed by atoms with Gasteiger partial charge in [-0.05, 0) is 39.5 Å². The van der Waals surface area contributed by atoms with Crippen molar-refractivity contribution >= 4 is 17.7 Å². The molecule has 0 heterocycles. The second kappa shape index (κ2) is 11.1. The first-order valence-corrected chi connectivity index (χ1v) is 10.00. The summed E-state index contributed by atoms with van der Waals surface area (Å²) in [6.07, 6.45) is 2.89. The maximum absolute atomic E-state index is 5.54. The molecule has 26 heavy (non-hydrogen) atoms. The van der Waals surface area contributed by atoms with Gasteiger partial charge < -0.3 is 24.8 Å². The van der Waals surface area contributed by atoms with E-state index in [9.17, 15) is 0 Å². The Bertz CT molecular complexity index is 592. The zero-order valence-electron chi connectivity index (χ0n) is 17.1. The van der Waals surface area contributed by atoms with E-state index in [-0.39, 0.29) is 4.75 Å². The van der Waals surface area contributed by atoms with Crippen LogP contribution in [0.3, 0.4) is 0 Å². The molecule has 148 valence electrons. The molecule has 1 aromatic carbocycles. The molecule has 0 aliphatic heterocycles. The van der Waals surface area contributed by atoms with Crippen LogP contribution in [-0.2, 0) is 6.42 Å². The number of nitrogens with one attached hydrogen (secondary N) is 2. The van der Waals surface area contributed by atoms with Crippen LogP contribution in [0.5, 0.6) is 17.2 Å². The van der Waals surface area contributed by atoms with E-state index >= 15 is 0 Å². The predicted octanol–water partition coefficient (Wildman–Crippen LogP) is 2.95. The summed E-state index contributed by atoms with van der Waals surface area (Å²) in [5.41, 5.74) is 1.05. The van der Waals surface area contributed by atoms with Crippen LogP contribution in [0, 0.1) is 0 Å². The molecule has 7 heteroatoms. The molecule has 0 unspecified atom stereocenters. The van der Waals surface area contributed by atoms with Crippen molar-refractivity contribution in [2.24, 2.45) is 4.99 Å². The van der Waals surface area contributed by atoms with Crippen molar-refractivity contribution in [2.45, 2.75) is 31.9 Å². The third-order valence-corrected chi connectivity index (χ3v) is 5.22. The molecule has 0 atom stereocenters. The number of ether oxygens (including phenoxy) is 3. The Balaban J connectivity index is 2.79. The van der Waals surface area contributed by atoms with Gasteiger partial charge in [0, 0.05) is 23.4 Å². The highest BCUT2D eigenvalue weighted by atomic mass is 32.2. The van der Waals surface area contributed by atoms with Crippen LogP contribution in [0.1, 0.15) is 26.3 Å². The van der Waals surface area contributed by atoms with Gasteiger partial charge in [0.2, 0.25) is 5.75 Å². The summed E-state index contributed by atoms with van der Waals surface area (Å²) in [5.74, 6) is 2.82. The van der Waals surface area contributed by atoms with Gasteiger partial charge in [0.25, 0.3) is 0 Å². The Kier molecular flexibility index (Phi) is 9.48. The van der Waals surface area contributed by atoms with Crippen molar-refractivity contribution in [2.75, 3.05) is 47.2 Å². The quantitative estimate of drug-likeness (QED) is 0.478. The first kappa shape index (κ1) is 22.3. The first-order valence-electron chi connectivity index (χ1n) is 8.77. The van der Waals surface area contributed by atoms with Crippen LogP contribution in [-0.4, -0.2) is 57.9 Å². The first-order chi connectivity index (χ1) is 12.4. The lowest BCUT2D eigenvalue weighted by molar-refractivity contribution is 0.322. The van der Waals surface area contributed by atoms with E-state index < -0.39 is 0 Å². The maximum Gasteiger partial charge on any atom is 0.203 e. The smallest absolute Gasteiger partial charge is 0.203 e. The number of benzene rings is 1. The number of hydrogen-bond acceptors (Lipinski definition) is 5. The molecule has 0 aliphatic rings.